The summed E-state index contributed by atoms with van der Waals surface area (Å²) >= 11 is 0. The van der Waals surface area contributed by atoms with Crippen LogP contribution in [0.2, 0.25) is 0 Å². The Labute approximate surface area is 226 Å². The Morgan fingerprint density at radius 3 is 2.38 bits per heavy atom. The molecule has 202 valence electrons. The third kappa shape index (κ3) is 6.59. The minimum Gasteiger partial charge on any atom is -0.497 e. The smallest absolute Gasteiger partial charge is 0.249 e. The molecule has 0 aliphatic heterocycles. The number of nitrogens with zero attached hydrogens (tertiary/aromatic N) is 4. The van der Waals surface area contributed by atoms with Gasteiger partial charge in [0.05, 0.1) is 12.6 Å². The number of hydrogen-bond acceptors (Lipinski definition) is 6. The van der Waals surface area contributed by atoms with E-state index in [1.54, 1.807) is 55.6 Å². The highest BCUT2D eigenvalue weighted by atomic mass is 16.5. The number of anilines is 2. The van der Waals surface area contributed by atoms with Crippen molar-refractivity contribution in [2.24, 2.45) is 0 Å². The molecule has 4 rings (SSSR count). The lowest BCUT2D eigenvalue weighted by molar-refractivity contribution is -0.128. The Bertz CT molecular complexity index is 1490. The fraction of sp³-hybridized carbons (Fsp3) is 0.276. The van der Waals surface area contributed by atoms with E-state index in [0.717, 1.165) is 0 Å². The number of rotatable bonds is 8. The van der Waals surface area contributed by atoms with Crippen molar-refractivity contribution < 1.29 is 19.1 Å². The molecule has 0 bridgehead atoms. The summed E-state index contributed by atoms with van der Waals surface area (Å²) < 4.78 is 6.93. The molecule has 1 unspecified atom stereocenters. The van der Waals surface area contributed by atoms with Crippen LogP contribution in [0.4, 0.5) is 11.4 Å². The first kappa shape index (κ1) is 27.3. The summed E-state index contributed by atoms with van der Waals surface area (Å²) in [5.74, 6) is -0.405. The Morgan fingerprint density at radius 1 is 1.00 bits per heavy atom. The maximum absolute atomic E-state index is 14.1. The highest BCUT2D eigenvalue weighted by Crippen LogP contribution is 2.32. The molecule has 10 nitrogen and oxygen atoms in total. The number of ether oxygens (including phenoxy) is 1. The van der Waals surface area contributed by atoms with Gasteiger partial charge in [-0.3, -0.25) is 19.3 Å². The molecule has 3 aromatic carbocycles. The van der Waals surface area contributed by atoms with Crippen molar-refractivity contribution in [3.05, 3.63) is 78.4 Å². The molecule has 0 aliphatic rings. The van der Waals surface area contributed by atoms with E-state index in [1.165, 1.54) is 16.5 Å². The zero-order chi connectivity index (χ0) is 28.2. The maximum Gasteiger partial charge on any atom is 0.249 e. The summed E-state index contributed by atoms with van der Waals surface area (Å²) in [6, 6.07) is 20.2. The van der Waals surface area contributed by atoms with Crippen LogP contribution in [0.3, 0.4) is 0 Å². The molecule has 0 saturated heterocycles. The molecular weight excluding hydrogens is 496 g/mol. The van der Waals surface area contributed by atoms with Gasteiger partial charge in [0.1, 0.15) is 23.9 Å². The minimum atomic E-state index is -1.03. The predicted octanol–water partition coefficient (Wildman–Crippen LogP) is 4.09. The summed E-state index contributed by atoms with van der Waals surface area (Å²) in [7, 11) is 1.54. The molecule has 1 atom stereocenters. The summed E-state index contributed by atoms with van der Waals surface area (Å²) in [5.41, 5.74) is 2.41. The van der Waals surface area contributed by atoms with Crippen molar-refractivity contribution in [3.8, 4) is 5.75 Å². The van der Waals surface area contributed by atoms with Gasteiger partial charge >= 0.3 is 0 Å². The number of fused-ring (bicyclic) bond motifs is 1. The average molecular weight is 529 g/mol. The van der Waals surface area contributed by atoms with Gasteiger partial charge in [0.2, 0.25) is 17.7 Å². The second-order valence-corrected chi connectivity index (χ2v) is 10.1. The number of amides is 3. The number of carbonyl (C=O) groups is 3. The minimum absolute atomic E-state index is 0.156. The number of nitrogens with one attached hydrogen (secondary N) is 2. The van der Waals surface area contributed by atoms with E-state index in [-0.39, 0.29) is 24.3 Å². The van der Waals surface area contributed by atoms with Crippen molar-refractivity contribution in [2.45, 2.75) is 45.8 Å². The fourth-order valence-corrected chi connectivity index (χ4v) is 4.25. The van der Waals surface area contributed by atoms with Gasteiger partial charge < -0.3 is 15.4 Å². The van der Waals surface area contributed by atoms with Gasteiger partial charge in [-0.05, 0) is 74.9 Å². The number of aromatic nitrogens is 3. The van der Waals surface area contributed by atoms with Gasteiger partial charge in [-0.25, -0.2) is 4.68 Å². The first-order valence-corrected chi connectivity index (χ1v) is 12.5. The van der Waals surface area contributed by atoms with Crippen LogP contribution in [0, 0.1) is 0 Å². The lowest BCUT2D eigenvalue weighted by atomic mass is 10.00. The Balaban J connectivity index is 1.83. The van der Waals surface area contributed by atoms with E-state index in [1.807, 2.05) is 45.0 Å². The Kier molecular flexibility index (Phi) is 7.94. The van der Waals surface area contributed by atoms with Crippen LogP contribution in [0.15, 0.2) is 72.8 Å². The van der Waals surface area contributed by atoms with Crippen molar-refractivity contribution in [1.29, 1.82) is 0 Å². The molecule has 0 spiro atoms. The Morgan fingerprint density at radius 2 is 1.72 bits per heavy atom. The second kappa shape index (κ2) is 11.3. The number of benzene rings is 3. The third-order valence-electron chi connectivity index (χ3n) is 5.85. The molecule has 0 saturated carbocycles. The van der Waals surface area contributed by atoms with Crippen LogP contribution in [0.25, 0.3) is 11.0 Å². The summed E-state index contributed by atoms with van der Waals surface area (Å²) in [6.45, 7) is 6.90. The van der Waals surface area contributed by atoms with E-state index in [2.05, 4.69) is 20.9 Å². The molecule has 3 amide bonds. The molecule has 1 aromatic heterocycles. The van der Waals surface area contributed by atoms with Crippen molar-refractivity contribution in [1.82, 2.24) is 20.3 Å². The first-order chi connectivity index (χ1) is 18.6. The number of methoxy groups -OCH3 is 1. The molecule has 0 radical (unpaired) electrons. The number of carbonyl (C=O) groups excluding carboxylic acids is 3. The van der Waals surface area contributed by atoms with Gasteiger partial charge in [-0.15, -0.1) is 5.10 Å². The van der Waals surface area contributed by atoms with E-state index >= 15 is 0 Å². The van der Waals surface area contributed by atoms with E-state index in [0.29, 0.717) is 33.7 Å². The number of para-hydroxylation sites is 1. The summed E-state index contributed by atoms with van der Waals surface area (Å²) in [5, 5.41) is 14.1. The monoisotopic (exact) mass is 528 g/mol. The molecular formula is C29H32N6O4. The predicted molar refractivity (Wildman–Crippen MR) is 149 cm³/mol. The fourth-order valence-electron chi connectivity index (χ4n) is 4.25. The zero-order valence-corrected chi connectivity index (χ0v) is 22.6. The van der Waals surface area contributed by atoms with Crippen molar-refractivity contribution in [3.63, 3.8) is 0 Å². The van der Waals surface area contributed by atoms with E-state index in [9.17, 15) is 14.4 Å². The van der Waals surface area contributed by atoms with Crippen LogP contribution in [0.5, 0.6) is 5.75 Å². The zero-order valence-electron chi connectivity index (χ0n) is 22.6. The molecule has 39 heavy (non-hydrogen) atoms. The largest absolute Gasteiger partial charge is 0.497 e. The van der Waals surface area contributed by atoms with E-state index in [4.69, 9.17) is 4.74 Å². The molecule has 1 heterocycles. The van der Waals surface area contributed by atoms with Crippen LogP contribution >= 0.6 is 0 Å². The molecule has 10 heteroatoms. The van der Waals surface area contributed by atoms with Crippen LogP contribution in [-0.2, 0) is 20.9 Å². The van der Waals surface area contributed by atoms with Gasteiger partial charge in [0, 0.05) is 23.8 Å². The summed E-state index contributed by atoms with van der Waals surface area (Å²) in [4.78, 5) is 41.0. The van der Waals surface area contributed by atoms with Crippen LogP contribution in [0.1, 0.15) is 39.3 Å². The normalized spacial score (nSPS) is 12.0. The quantitative estimate of drug-likeness (QED) is 0.356. The van der Waals surface area contributed by atoms with Crippen molar-refractivity contribution >= 4 is 40.1 Å². The molecule has 0 fully saturated rings. The van der Waals surface area contributed by atoms with Gasteiger partial charge in [0.15, 0.2) is 0 Å². The topological polar surface area (TPSA) is 118 Å². The highest BCUT2D eigenvalue weighted by molar-refractivity contribution is 6.02. The highest BCUT2D eigenvalue weighted by Gasteiger charge is 2.35. The number of hydrogen-bond donors (Lipinski definition) is 2. The molecule has 2 N–H and O–H groups in total. The van der Waals surface area contributed by atoms with Gasteiger partial charge in [-0.1, -0.05) is 29.5 Å². The van der Waals surface area contributed by atoms with E-state index < -0.39 is 11.6 Å². The summed E-state index contributed by atoms with van der Waals surface area (Å²) in [6.07, 6.45) is 0. The van der Waals surface area contributed by atoms with Crippen LogP contribution in [-0.4, -0.2) is 45.4 Å². The average Bonchev–Trinajstić information content (AvgIpc) is 3.29. The Hall–Kier alpha value is -4.73. The van der Waals surface area contributed by atoms with Crippen LogP contribution < -0.4 is 20.3 Å². The van der Waals surface area contributed by atoms with Gasteiger partial charge in [0.25, 0.3) is 0 Å². The third-order valence-corrected chi connectivity index (χ3v) is 5.85. The van der Waals surface area contributed by atoms with Crippen molar-refractivity contribution in [2.75, 3.05) is 17.3 Å². The first-order valence-electron chi connectivity index (χ1n) is 12.5. The van der Waals surface area contributed by atoms with Gasteiger partial charge in [-0.2, -0.15) is 0 Å². The molecule has 0 aliphatic carbocycles. The lowest BCUT2D eigenvalue weighted by Crippen LogP contribution is -2.50. The molecule has 4 aromatic rings. The maximum atomic E-state index is 14.1. The standard InChI is InChI=1S/C29H32N6O4/c1-19(36)30-21-13-15-22(16-14-21)35(26(37)18-34-25-12-7-6-11-24(25)32-33-34)27(28(38)31-29(2,3)4)20-9-8-10-23(17-20)39-5/h6-17,27H,18H2,1-5H3,(H,30,36)(H,31,38). The lowest BCUT2D eigenvalue weighted by Gasteiger charge is -2.34. The SMILES string of the molecule is COc1cccc(C(C(=O)NC(C)(C)C)N(C(=O)Cn2nnc3ccccc32)c2ccc(NC(C)=O)cc2)c1. The second-order valence-electron chi connectivity index (χ2n) is 10.1.